The summed E-state index contributed by atoms with van der Waals surface area (Å²) in [6.07, 6.45) is 13.1. The molecule has 2 aromatic heterocycles. The maximum absolute atomic E-state index is 12.4. The number of benzene rings is 2. The summed E-state index contributed by atoms with van der Waals surface area (Å²) in [5.74, 6) is 2.28. The van der Waals surface area contributed by atoms with Gasteiger partial charge in [-0.25, -0.2) is 0 Å². The molecule has 2 saturated carbocycles. The van der Waals surface area contributed by atoms with Crippen molar-refractivity contribution in [3.8, 4) is 0 Å². The molecule has 2 aromatic carbocycles. The minimum Gasteiger partial charge on any atom is -0.349 e. The zero-order valence-corrected chi connectivity index (χ0v) is 31.2. The average Bonchev–Trinajstić information content (AvgIpc) is 3.12. The van der Waals surface area contributed by atoms with E-state index in [4.69, 9.17) is 23.2 Å². The first kappa shape index (κ1) is 37.5. The summed E-state index contributed by atoms with van der Waals surface area (Å²) in [5, 5.41) is 7.61. The van der Waals surface area contributed by atoms with Crippen molar-refractivity contribution in [2.75, 3.05) is 0 Å². The van der Waals surface area contributed by atoms with Crippen molar-refractivity contribution in [3.63, 3.8) is 0 Å². The maximum atomic E-state index is 12.4. The molecule has 2 aliphatic carbocycles. The third-order valence-corrected chi connectivity index (χ3v) is 11.2. The average molecular weight is 714 g/mol. The van der Waals surface area contributed by atoms with Crippen LogP contribution >= 0.6 is 23.2 Å². The summed E-state index contributed by atoms with van der Waals surface area (Å²) in [6.45, 7) is 8.33. The van der Waals surface area contributed by atoms with Crippen LogP contribution in [0.5, 0.6) is 0 Å². The second kappa shape index (κ2) is 18.0. The Bertz CT molecular complexity index is 1570. The number of aromatic nitrogens is 2. The molecule has 2 N–H and O–H groups in total. The quantitative estimate of drug-likeness (QED) is 0.190. The molecule has 2 heterocycles. The van der Waals surface area contributed by atoms with Crippen LogP contribution in [0.25, 0.3) is 0 Å². The molecule has 0 radical (unpaired) electrons. The molecule has 4 aromatic rings. The van der Waals surface area contributed by atoms with E-state index in [0.717, 1.165) is 37.1 Å². The minimum atomic E-state index is -0.0175. The van der Waals surface area contributed by atoms with Gasteiger partial charge >= 0.3 is 0 Å². The summed E-state index contributed by atoms with van der Waals surface area (Å²) in [7, 11) is 0. The van der Waals surface area contributed by atoms with E-state index in [1.807, 2.05) is 26.2 Å². The summed E-state index contributed by atoms with van der Waals surface area (Å²) in [5.41, 5.74) is 6.31. The number of halogens is 2. The van der Waals surface area contributed by atoms with Crippen molar-refractivity contribution in [1.82, 2.24) is 20.6 Å². The van der Waals surface area contributed by atoms with Crippen molar-refractivity contribution in [3.05, 3.63) is 129 Å². The van der Waals surface area contributed by atoms with Crippen molar-refractivity contribution in [2.24, 2.45) is 11.8 Å². The first-order valence-electron chi connectivity index (χ1n) is 18.0. The molecular formula is C42H50Cl2N4O2. The number of carbonyl (C=O) groups is 2. The van der Waals surface area contributed by atoms with Crippen molar-refractivity contribution < 1.29 is 9.59 Å². The third kappa shape index (κ3) is 10.6. The van der Waals surface area contributed by atoms with Gasteiger partial charge < -0.3 is 10.6 Å². The number of nitrogens with one attached hydrogen (secondary N) is 2. The molecule has 0 spiro atoms. The van der Waals surface area contributed by atoms with Crippen LogP contribution in [0.15, 0.2) is 85.2 Å². The van der Waals surface area contributed by atoms with E-state index in [1.165, 1.54) is 36.8 Å². The molecule has 0 unspecified atom stereocenters. The lowest BCUT2D eigenvalue weighted by Gasteiger charge is -2.33. The molecule has 0 bridgehead atoms. The first-order chi connectivity index (χ1) is 24.0. The molecular weight excluding hydrogens is 663 g/mol. The van der Waals surface area contributed by atoms with Gasteiger partial charge in [0.05, 0.1) is 0 Å². The van der Waals surface area contributed by atoms with Crippen LogP contribution in [0.1, 0.15) is 120 Å². The molecule has 6 nitrogen and oxygen atoms in total. The highest BCUT2D eigenvalue weighted by Gasteiger charge is 2.28. The number of hydrogen-bond donors (Lipinski definition) is 2. The Balaban J connectivity index is 0.000000194. The van der Waals surface area contributed by atoms with E-state index in [9.17, 15) is 9.59 Å². The zero-order valence-electron chi connectivity index (χ0n) is 29.7. The summed E-state index contributed by atoms with van der Waals surface area (Å²) in [4.78, 5) is 33.3. The van der Waals surface area contributed by atoms with Gasteiger partial charge in [0.25, 0.3) is 11.8 Å². The molecule has 6 rings (SSSR count). The number of nitrogens with zero attached hydrogens (tertiary/aromatic N) is 2. The molecule has 0 aliphatic heterocycles. The summed E-state index contributed by atoms with van der Waals surface area (Å²) < 4.78 is 0. The van der Waals surface area contributed by atoms with Crippen LogP contribution < -0.4 is 10.6 Å². The first-order valence-corrected chi connectivity index (χ1v) is 18.8. The number of carbonyl (C=O) groups excluding carboxylic acids is 2. The van der Waals surface area contributed by atoms with Crippen LogP contribution in [0.2, 0.25) is 10.0 Å². The van der Waals surface area contributed by atoms with Gasteiger partial charge in [0.15, 0.2) is 0 Å². The zero-order chi connectivity index (χ0) is 35.6. The Morgan fingerprint density at radius 2 is 0.920 bits per heavy atom. The number of rotatable bonds is 8. The Kier molecular flexibility index (Phi) is 13.5. The van der Waals surface area contributed by atoms with E-state index < -0.39 is 0 Å². The van der Waals surface area contributed by atoms with Crippen LogP contribution in [0, 0.1) is 25.7 Å². The highest BCUT2D eigenvalue weighted by Crippen LogP contribution is 2.38. The van der Waals surface area contributed by atoms with Gasteiger partial charge in [0.1, 0.15) is 0 Å². The normalized spacial score (nSPS) is 21.6. The minimum absolute atomic E-state index is 0.0175. The predicted octanol–water partition coefficient (Wildman–Crippen LogP) is 10.3. The second-order valence-corrected chi connectivity index (χ2v) is 15.1. The van der Waals surface area contributed by atoms with Gasteiger partial charge in [-0.3, -0.25) is 19.6 Å². The fourth-order valence-corrected chi connectivity index (χ4v) is 7.82. The standard InChI is InChI=1S/2C21H25ClN2O/c2*1-14-13-19(11-12-23-14)17-5-3-16(4-6-17)15(2)24-21(25)18-7-9-20(22)10-8-18/h2*7-13,15-17H,3-6H2,1-2H3,(H,24,25)/t2*15-,16?,17?/m10/s1. The van der Waals surface area contributed by atoms with Crippen LogP contribution in [0.4, 0.5) is 0 Å². The smallest absolute Gasteiger partial charge is 0.251 e. The van der Waals surface area contributed by atoms with Crippen LogP contribution in [0.3, 0.4) is 0 Å². The van der Waals surface area contributed by atoms with Gasteiger partial charge in [-0.2, -0.15) is 0 Å². The van der Waals surface area contributed by atoms with Gasteiger partial charge in [-0.1, -0.05) is 23.2 Å². The van der Waals surface area contributed by atoms with E-state index in [2.05, 4.69) is 58.7 Å². The Morgan fingerprint density at radius 1 is 0.580 bits per heavy atom. The van der Waals surface area contributed by atoms with Crippen molar-refractivity contribution >= 4 is 35.0 Å². The molecule has 0 saturated heterocycles. The van der Waals surface area contributed by atoms with Gasteiger partial charge in [0.2, 0.25) is 0 Å². The SMILES string of the molecule is Cc1cc(C2CCC([C@@H](C)NC(=O)c3ccc(Cl)cc3)CC2)ccn1.Cc1cc(C2CCC([C@H](C)NC(=O)c3ccc(Cl)cc3)CC2)ccn1. The van der Waals surface area contributed by atoms with Gasteiger partial charge in [0, 0.05) is 57.0 Å². The van der Waals surface area contributed by atoms with E-state index in [-0.39, 0.29) is 23.9 Å². The topological polar surface area (TPSA) is 84.0 Å². The summed E-state index contributed by atoms with van der Waals surface area (Å²) >= 11 is 11.8. The Hall–Kier alpha value is -3.74. The Morgan fingerprint density at radius 3 is 1.24 bits per heavy atom. The van der Waals surface area contributed by atoms with Crippen molar-refractivity contribution in [1.29, 1.82) is 0 Å². The largest absolute Gasteiger partial charge is 0.349 e. The van der Waals surface area contributed by atoms with E-state index in [1.54, 1.807) is 48.5 Å². The highest BCUT2D eigenvalue weighted by atomic mass is 35.5. The lowest BCUT2D eigenvalue weighted by atomic mass is 9.76. The van der Waals surface area contributed by atoms with Crippen LogP contribution in [-0.2, 0) is 0 Å². The molecule has 2 fully saturated rings. The van der Waals surface area contributed by atoms with E-state index in [0.29, 0.717) is 44.8 Å². The molecule has 2 atom stereocenters. The fourth-order valence-electron chi connectivity index (χ4n) is 7.57. The maximum Gasteiger partial charge on any atom is 0.251 e. The second-order valence-electron chi connectivity index (χ2n) is 14.2. The summed E-state index contributed by atoms with van der Waals surface area (Å²) in [6, 6.07) is 23.2. The number of aryl methyl sites for hydroxylation is 2. The number of hydrogen-bond acceptors (Lipinski definition) is 4. The third-order valence-electron chi connectivity index (χ3n) is 10.7. The number of pyridine rings is 2. The molecule has 264 valence electrons. The highest BCUT2D eigenvalue weighted by molar-refractivity contribution is 6.31. The molecule has 2 amide bonds. The lowest BCUT2D eigenvalue weighted by Crippen LogP contribution is -2.39. The van der Waals surface area contributed by atoms with E-state index >= 15 is 0 Å². The fraction of sp³-hybridized carbons (Fsp3) is 0.429. The monoisotopic (exact) mass is 712 g/mol. The lowest BCUT2D eigenvalue weighted by molar-refractivity contribution is 0.0909. The van der Waals surface area contributed by atoms with Gasteiger partial charge in [-0.15, -0.1) is 0 Å². The number of amides is 2. The molecule has 50 heavy (non-hydrogen) atoms. The Labute approximate surface area is 307 Å². The van der Waals surface area contributed by atoms with Crippen LogP contribution in [-0.4, -0.2) is 33.9 Å². The molecule has 8 heteroatoms. The van der Waals surface area contributed by atoms with Crippen molar-refractivity contribution in [2.45, 2.75) is 103 Å². The predicted molar refractivity (Wildman–Crippen MR) is 204 cm³/mol. The molecule has 2 aliphatic rings. The van der Waals surface area contributed by atoms with Gasteiger partial charge in [-0.05, 0) is 187 Å².